The number of amidine groups is 1. The predicted molar refractivity (Wildman–Crippen MR) is 82.3 cm³/mol. The fraction of sp³-hybridized carbons (Fsp3) is 0.933. The monoisotopic (exact) mass is 268 g/mol. The highest BCUT2D eigenvalue weighted by atomic mass is 32.2. The summed E-state index contributed by atoms with van der Waals surface area (Å²) in [6, 6.07) is 0.692. The second-order valence-corrected chi connectivity index (χ2v) is 7.57. The maximum atomic E-state index is 4.67. The molecule has 0 radical (unpaired) electrons. The van der Waals surface area contributed by atoms with Crippen LogP contribution in [-0.2, 0) is 0 Å². The average molecular weight is 268 g/mol. The molecule has 1 heterocycles. The molecule has 1 N–H and O–H groups in total. The van der Waals surface area contributed by atoms with E-state index in [4.69, 9.17) is 0 Å². The van der Waals surface area contributed by atoms with E-state index in [1.807, 2.05) is 11.8 Å². The fourth-order valence-corrected chi connectivity index (χ4v) is 4.36. The molecule has 2 aliphatic rings. The first-order valence-corrected chi connectivity index (χ1v) is 8.53. The Hall–Kier alpha value is -0.180. The molecule has 18 heavy (non-hydrogen) atoms. The average Bonchev–Trinajstić information content (AvgIpc) is 2.76. The molecule has 2 nitrogen and oxygen atoms in total. The van der Waals surface area contributed by atoms with Gasteiger partial charge in [-0.05, 0) is 43.9 Å². The van der Waals surface area contributed by atoms with Gasteiger partial charge in [0.05, 0.1) is 6.54 Å². The highest BCUT2D eigenvalue weighted by Crippen LogP contribution is 2.29. The van der Waals surface area contributed by atoms with E-state index in [-0.39, 0.29) is 0 Å². The molecule has 104 valence electrons. The van der Waals surface area contributed by atoms with E-state index in [0.717, 1.165) is 23.6 Å². The lowest BCUT2D eigenvalue weighted by atomic mass is 9.85. The molecule has 1 saturated carbocycles. The number of rotatable bonds is 4. The number of aliphatic imine (C=N–C) groups is 1. The van der Waals surface area contributed by atoms with Crippen molar-refractivity contribution in [2.45, 2.75) is 70.6 Å². The molecule has 1 unspecified atom stereocenters. The van der Waals surface area contributed by atoms with E-state index in [1.54, 1.807) is 0 Å². The second kappa shape index (κ2) is 6.83. The van der Waals surface area contributed by atoms with Crippen LogP contribution in [0.2, 0.25) is 0 Å². The first-order valence-electron chi connectivity index (χ1n) is 7.65. The van der Waals surface area contributed by atoms with Gasteiger partial charge in [-0.15, -0.1) is 0 Å². The maximum absolute atomic E-state index is 4.67. The van der Waals surface area contributed by atoms with Gasteiger partial charge in [-0.25, -0.2) is 0 Å². The molecular weight excluding hydrogens is 240 g/mol. The summed E-state index contributed by atoms with van der Waals surface area (Å²) in [7, 11) is 0. The van der Waals surface area contributed by atoms with Crippen molar-refractivity contribution in [2.24, 2.45) is 16.8 Å². The molecule has 1 aliphatic heterocycles. The lowest BCUT2D eigenvalue weighted by molar-refractivity contribution is 0.306. The number of hydrogen-bond acceptors (Lipinski definition) is 3. The van der Waals surface area contributed by atoms with Crippen molar-refractivity contribution in [3.63, 3.8) is 0 Å². The Balaban J connectivity index is 1.69. The van der Waals surface area contributed by atoms with Crippen molar-refractivity contribution in [2.75, 3.05) is 6.54 Å². The van der Waals surface area contributed by atoms with Crippen LogP contribution < -0.4 is 5.32 Å². The lowest BCUT2D eigenvalue weighted by Crippen LogP contribution is -2.35. The molecule has 1 atom stereocenters. The number of nitrogens with zero attached hydrogens (tertiary/aromatic N) is 1. The van der Waals surface area contributed by atoms with Gasteiger partial charge in [-0.2, -0.15) is 0 Å². The molecule has 0 saturated heterocycles. The Morgan fingerprint density at radius 2 is 2.00 bits per heavy atom. The van der Waals surface area contributed by atoms with Gasteiger partial charge in [0.1, 0.15) is 0 Å². The zero-order valence-corrected chi connectivity index (χ0v) is 12.9. The normalized spacial score (nSPS) is 32.7. The van der Waals surface area contributed by atoms with E-state index >= 15 is 0 Å². The van der Waals surface area contributed by atoms with Gasteiger partial charge < -0.3 is 5.32 Å². The summed E-state index contributed by atoms with van der Waals surface area (Å²) in [5.74, 6) is 1.77. The summed E-state index contributed by atoms with van der Waals surface area (Å²) in [6.45, 7) is 7.96. The third-order valence-electron chi connectivity index (χ3n) is 4.20. The molecule has 0 aromatic heterocycles. The van der Waals surface area contributed by atoms with Crippen LogP contribution in [0.25, 0.3) is 0 Å². The van der Waals surface area contributed by atoms with E-state index in [2.05, 4.69) is 31.1 Å². The first kappa shape index (κ1) is 14.2. The summed E-state index contributed by atoms with van der Waals surface area (Å²) >= 11 is 1.98. The molecule has 2 rings (SSSR count). The van der Waals surface area contributed by atoms with E-state index in [1.165, 1.54) is 43.7 Å². The van der Waals surface area contributed by atoms with E-state index in [0.29, 0.717) is 6.04 Å². The molecular formula is C15H28N2S. The van der Waals surface area contributed by atoms with Crippen LogP contribution in [0.3, 0.4) is 0 Å². The molecule has 0 amide bonds. The van der Waals surface area contributed by atoms with Crippen LogP contribution in [0.1, 0.15) is 59.3 Å². The quantitative estimate of drug-likeness (QED) is 0.831. The number of nitrogens with one attached hydrogen (secondary N) is 1. The smallest absolute Gasteiger partial charge is 0.157 e. The van der Waals surface area contributed by atoms with Crippen molar-refractivity contribution >= 4 is 16.9 Å². The van der Waals surface area contributed by atoms with Crippen molar-refractivity contribution in [3.05, 3.63) is 0 Å². The molecule has 1 fully saturated rings. The standard InChI is InChI=1S/C15H28N2S/c1-4-12-5-7-13(8-6-12)17-15-16-10-14(18-15)9-11(2)3/h11-14H,4-10H2,1-3H3,(H,16,17). The van der Waals surface area contributed by atoms with Crippen LogP contribution in [0, 0.1) is 11.8 Å². The van der Waals surface area contributed by atoms with Gasteiger partial charge in [0.25, 0.3) is 0 Å². The van der Waals surface area contributed by atoms with Crippen molar-refractivity contribution in [1.29, 1.82) is 0 Å². The third-order valence-corrected chi connectivity index (χ3v) is 5.35. The van der Waals surface area contributed by atoms with Crippen LogP contribution in [0.15, 0.2) is 4.99 Å². The Bertz CT molecular complexity index is 280. The first-order chi connectivity index (χ1) is 8.67. The maximum Gasteiger partial charge on any atom is 0.157 e. The van der Waals surface area contributed by atoms with E-state index < -0.39 is 0 Å². The Morgan fingerprint density at radius 1 is 1.28 bits per heavy atom. The SMILES string of the molecule is CCC1CCC(NC2=NCC(CC(C)C)S2)CC1. The van der Waals surface area contributed by atoms with E-state index in [9.17, 15) is 0 Å². The van der Waals surface area contributed by atoms with Crippen LogP contribution in [0.5, 0.6) is 0 Å². The van der Waals surface area contributed by atoms with Gasteiger partial charge in [-0.1, -0.05) is 39.0 Å². The van der Waals surface area contributed by atoms with Gasteiger partial charge in [0.2, 0.25) is 0 Å². The largest absolute Gasteiger partial charge is 0.362 e. The lowest BCUT2D eigenvalue weighted by Gasteiger charge is -2.28. The van der Waals surface area contributed by atoms with Gasteiger partial charge in [-0.3, -0.25) is 4.99 Å². The number of thioether (sulfide) groups is 1. The zero-order valence-electron chi connectivity index (χ0n) is 12.1. The number of hydrogen-bond donors (Lipinski definition) is 1. The Kier molecular flexibility index (Phi) is 5.40. The topological polar surface area (TPSA) is 24.4 Å². The highest BCUT2D eigenvalue weighted by Gasteiger charge is 2.25. The van der Waals surface area contributed by atoms with Crippen molar-refractivity contribution in [1.82, 2.24) is 5.32 Å². The molecule has 0 aromatic rings. The summed E-state index contributed by atoms with van der Waals surface area (Å²) in [6.07, 6.45) is 8.14. The zero-order chi connectivity index (χ0) is 13.0. The molecule has 1 aliphatic carbocycles. The molecule has 0 bridgehead atoms. The second-order valence-electron chi connectivity index (χ2n) is 6.29. The minimum Gasteiger partial charge on any atom is -0.362 e. The van der Waals surface area contributed by atoms with Crippen LogP contribution in [-0.4, -0.2) is 23.0 Å². The molecule has 0 aromatic carbocycles. The van der Waals surface area contributed by atoms with Gasteiger partial charge in [0, 0.05) is 11.3 Å². The summed E-state index contributed by atoms with van der Waals surface area (Å²) in [5, 5.41) is 5.62. The van der Waals surface area contributed by atoms with Gasteiger partial charge in [0.15, 0.2) is 5.17 Å². The third kappa shape index (κ3) is 4.18. The van der Waals surface area contributed by atoms with Crippen molar-refractivity contribution < 1.29 is 0 Å². The summed E-state index contributed by atoms with van der Waals surface area (Å²) in [4.78, 5) is 4.67. The van der Waals surface area contributed by atoms with Crippen molar-refractivity contribution in [3.8, 4) is 0 Å². The summed E-state index contributed by atoms with van der Waals surface area (Å²) < 4.78 is 0. The van der Waals surface area contributed by atoms with Crippen LogP contribution >= 0.6 is 11.8 Å². The van der Waals surface area contributed by atoms with Crippen LogP contribution in [0.4, 0.5) is 0 Å². The molecule has 3 heteroatoms. The Labute approximate surface area is 116 Å². The minimum atomic E-state index is 0.692. The summed E-state index contributed by atoms with van der Waals surface area (Å²) in [5.41, 5.74) is 0. The fourth-order valence-electron chi connectivity index (χ4n) is 3.03. The predicted octanol–water partition coefficient (Wildman–Crippen LogP) is 4.06. The highest BCUT2D eigenvalue weighted by molar-refractivity contribution is 8.14. The van der Waals surface area contributed by atoms with Gasteiger partial charge >= 0.3 is 0 Å². The minimum absolute atomic E-state index is 0.692. The Morgan fingerprint density at radius 3 is 2.61 bits per heavy atom. The molecule has 0 spiro atoms.